The summed E-state index contributed by atoms with van der Waals surface area (Å²) in [7, 11) is 0. The molecule has 0 atom stereocenters. The van der Waals surface area contributed by atoms with Gasteiger partial charge < -0.3 is 0 Å². The van der Waals surface area contributed by atoms with Gasteiger partial charge >= 0.3 is 0 Å². The SMILES string of the molecule is Cc1ccc2ccccc2c1C(=O)c1ccc2ccc3ccccc3c2c1. The van der Waals surface area contributed by atoms with Crippen molar-refractivity contribution in [3.8, 4) is 0 Å². The fourth-order valence-electron chi connectivity index (χ4n) is 3.97. The Labute approximate surface area is 157 Å². The van der Waals surface area contributed by atoms with Gasteiger partial charge in [-0.15, -0.1) is 0 Å². The summed E-state index contributed by atoms with van der Waals surface area (Å²) in [6.45, 7) is 2.01. The number of fused-ring (bicyclic) bond motifs is 4. The minimum atomic E-state index is 0.0825. The van der Waals surface area contributed by atoms with Crippen LogP contribution in [0.3, 0.4) is 0 Å². The van der Waals surface area contributed by atoms with E-state index < -0.39 is 0 Å². The second-order valence-electron chi connectivity index (χ2n) is 7.03. The fourth-order valence-corrected chi connectivity index (χ4v) is 3.97. The molecular formula is C26H18O. The number of aryl methyl sites for hydroxylation is 1. The first-order valence-corrected chi connectivity index (χ1v) is 9.17. The van der Waals surface area contributed by atoms with Crippen molar-refractivity contribution in [1.29, 1.82) is 0 Å². The van der Waals surface area contributed by atoms with E-state index in [1.54, 1.807) is 0 Å². The molecule has 5 rings (SSSR count). The van der Waals surface area contributed by atoms with Crippen molar-refractivity contribution in [3.63, 3.8) is 0 Å². The molecule has 27 heavy (non-hydrogen) atoms. The minimum Gasteiger partial charge on any atom is -0.289 e. The summed E-state index contributed by atoms with van der Waals surface area (Å²) < 4.78 is 0. The lowest BCUT2D eigenvalue weighted by Crippen LogP contribution is -2.05. The van der Waals surface area contributed by atoms with Crippen LogP contribution in [0.4, 0.5) is 0 Å². The van der Waals surface area contributed by atoms with Gasteiger partial charge in [-0.25, -0.2) is 0 Å². The van der Waals surface area contributed by atoms with Gasteiger partial charge in [0.25, 0.3) is 0 Å². The van der Waals surface area contributed by atoms with Crippen molar-refractivity contribution < 1.29 is 4.79 Å². The number of carbonyl (C=O) groups excluding carboxylic acids is 1. The molecule has 0 aromatic heterocycles. The van der Waals surface area contributed by atoms with E-state index in [2.05, 4.69) is 42.5 Å². The highest BCUT2D eigenvalue weighted by Gasteiger charge is 2.16. The second kappa shape index (κ2) is 6.07. The Morgan fingerprint density at radius 3 is 1.93 bits per heavy atom. The third-order valence-electron chi connectivity index (χ3n) is 5.37. The smallest absolute Gasteiger partial charge is 0.193 e. The predicted octanol–water partition coefficient (Wildman–Crippen LogP) is 6.69. The maximum absolute atomic E-state index is 13.5. The molecule has 1 heteroatoms. The van der Waals surface area contributed by atoms with Crippen molar-refractivity contribution in [2.24, 2.45) is 0 Å². The summed E-state index contributed by atoms with van der Waals surface area (Å²) in [4.78, 5) is 13.5. The van der Waals surface area contributed by atoms with Crippen molar-refractivity contribution in [2.45, 2.75) is 6.92 Å². The van der Waals surface area contributed by atoms with Gasteiger partial charge in [0.05, 0.1) is 0 Å². The molecule has 0 aliphatic heterocycles. The van der Waals surface area contributed by atoms with Crippen LogP contribution in [0.25, 0.3) is 32.3 Å². The Balaban J connectivity index is 1.76. The summed E-state index contributed by atoms with van der Waals surface area (Å²) in [6, 6.07) is 30.8. The van der Waals surface area contributed by atoms with Crippen molar-refractivity contribution in [2.75, 3.05) is 0 Å². The molecule has 0 fully saturated rings. The molecule has 0 N–H and O–H groups in total. The predicted molar refractivity (Wildman–Crippen MR) is 114 cm³/mol. The highest BCUT2D eigenvalue weighted by molar-refractivity contribution is 6.19. The van der Waals surface area contributed by atoms with Crippen molar-refractivity contribution in [3.05, 3.63) is 108 Å². The summed E-state index contributed by atoms with van der Waals surface area (Å²) in [5.41, 5.74) is 2.54. The Hall–Kier alpha value is -3.45. The molecule has 0 saturated carbocycles. The molecule has 128 valence electrons. The lowest BCUT2D eigenvalue weighted by molar-refractivity contribution is 0.104. The van der Waals surface area contributed by atoms with E-state index in [0.717, 1.165) is 38.2 Å². The molecule has 5 aromatic rings. The third-order valence-corrected chi connectivity index (χ3v) is 5.37. The van der Waals surface area contributed by atoms with Gasteiger partial charge in [0.2, 0.25) is 0 Å². The zero-order valence-electron chi connectivity index (χ0n) is 15.1. The number of carbonyl (C=O) groups is 1. The van der Waals surface area contributed by atoms with Gasteiger partial charge in [0, 0.05) is 11.1 Å². The van der Waals surface area contributed by atoms with E-state index in [1.165, 1.54) is 10.8 Å². The van der Waals surface area contributed by atoms with E-state index in [9.17, 15) is 4.79 Å². The van der Waals surface area contributed by atoms with Crippen LogP contribution in [0.2, 0.25) is 0 Å². The number of benzene rings is 5. The zero-order valence-corrected chi connectivity index (χ0v) is 15.1. The summed E-state index contributed by atoms with van der Waals surface area (Å²) >= 11 is 0. The standard InChI is InChI=1S/C26H18O/c1-17-10-11-19-7-3-5-9-23(19)25(17)26(27)21-15-14-20-13-12-18-6-2-4-8-22(18)24(20)16-21/h2-16H,1H3. The quantitative estimate of drug-likeness (QED) is 0.257. The molecule has 0 bridgehead atoms. The molecular weight excluding hydrogens is 328 g/mol. The average molecular weight is 346 g/mol. The average Bonchev–Trinajstić information content (AvgIpc) is 2.73. The Morgan fingerprint density at radius 1 is 0.593 bits per heavy atom. The fraction of sp³-hybridized carbons (Fsp3) is 0.0385. The molecule has 0 spiro atoms. The molecule has 0 amide bonds. The topological polar surface area (TPSA) is 17.1 Å². The van der Waals surface area contributed by atoms with Crippen molar-refractivity contribution >= 4 is 38.1 Å². The second-order valence-corrected chi connectivity index (χ2v) is 7.03. The first-order chi connectivity index (χ1) is 13.2. The highest BCUT2D eigenvalue weighted by Crippen LogP contribution is 2.29. The van der Waals surface area contributed by atoms with E-state index in [1.807, 2.05) is 55.5 Å². The zero-order chi connectivity index (χ0) is 18.4. The Bertz CT molecular complexity index is 1340. The van der Waals surface area contributed by atoms with Gasteiger partial charge in [-0.2, -0.15) is 0 Å². The summed E-state index contributed by atoms with van der Waals surface area (Å²) in [6.07, 6.45) is 0. The number of hydrogen-bond acceptors (Lipinski definition) is 1. The minimum absolute atomic E-state index is 0.0825. The maximum atomic E-state index is 13.5. The first kappa shape index (κ1) is 15.8. The van der Waals surface area contributed by atoms with Crippen LogP contribution in [-0.4, -0.2) is 5.78 Å². The van der Waals surface area contributed by atoms with Crippen LogP contribution in [0.5, 0.6) is 0 Å². The first-order valence-electron chi connectivity index (χ1n) is 9.17. The van der Waals surface area contributed by atoms with Crippen LogP contribution in [0.1, 0.15) is 21.5 Å². The van der Waals surface area contributed by atoms with Crippen LogP contribution in [0.15, 0.2) is 91.0 Å². The van der Waals surface area contributed by atoms with E-state index >= 15 is 0 Å². The lowest BCUT2D eigenvalue weighted by Gasteiger charge is -2.11. The van der Waals surface area contributed by atoms with Gasteiger partial charge in [-0.1, -0.05) is 84.9 Å². The van der Waals surface area contributed by atoms with Gasteiger partial charge in [0.1, 0.15) is 0 Å². The summed E-state index contributed by atoms with van der Waals surface area (Å²) in [5.74, 6) is 0.0825. The Morgan fingerprint density at radius 2 is 1.15 bits per heavy atom. The van der Waals surface area contributed by atoms with Crippen LogP contribution in [0, 0.1) is 6.92 Å². The molecule has 1 nitrogen and oxygen atoms in total. The lowest BCUT2D eigenvalue weighted by atomic mass is 9.91. The van der Waals surface area contributed by atoms with E-state index in [4.69, 9.17) is 0 Å². The molecule has 0 aliphatic rings. The normalized spacial score (nSPS) is 11.3. The molecule has 0 radical (unpaired) electrons. The molecule has 0 heterocycles. The number of rotatable bonds is 2. The van der Waals surface area contributed by atoms with Crippen molar-refractivity contribution in [1.82, 2.24) is 0 Å². The summed E-state index contributed by atoms with van der Waals surface area (Å²) in [5, 5.41) is 6.75. The third kappa shape index (κ3) is 2.51. The van der Waals surface area contributed by atoms with E-state index in [-0.39, 0.29) is 5.78 Å². The molecule has 0 aliphatic carbocycles. The van der Waals surface area contributed by atoms with Crippen LogP contribution >= 0.6 is 0 Å². The van der Waals surface area contributed by atoms with Crippen LogP contribution < -0.4 is 0 Å². The van der Waals surface area contributed by atoms with Crippen LogP contribution in [-0.2, 0) is 0 Å². The Kier molecular flexibility index (Phi) is 3.54. The van der Waals surface area contributed by atoms with E-state index in [0.29, 0.717) is 0 Å². The maximum Gasteiger partial charge on any atom is 0.193 e. The van der Waals surface area contributed by atoms with Gasteiger partial charge in [-0.3, -0.25) is 4.79 Å². The monoisotopic (exact) mass is 346 g/mol. The number of hydrogen-bond donors (Lipinski definition) is 0. The number of ketones is 1. The highest BCUT2D eigenvalue weighted by atomic mass is 16.1. The largest absolute Gasteiger partial charge is 0.289 e. The molecule has 5 aromatic carbocycles. The van der Waals surface area contributed by atoms with Gasteiger partial charge in [0.15, 0.2) is 5.78 Å². The molecule has 0 saturated heterocycles. The molecule has 0 unspecified atom stereocenters. The van der Waals surface area contributed by atoms with Gasteiger partial charge in [-0.05, 0) is 50.9 Å².